The smallest absolute Gasteiger partial charge is 0.339 e. The second-order valence-corrected chi connectivity index (χ2v) is 5.30. The van der Waals surface area contributed by atoms with Crippen LogP contribution in [0.4, 0.5) is 5.69 Å². The molecular weight excluding hydrogens is 310 g/mol. The number of carboxylic acid groups (broad SMARTS) is 1. The summed E-state index contributed by atoms with van der Waals surface area (Å²) in [4.78, 5) is 23.2. The fraction of sp³-hybridized carbons (Fsp3) is 0.222. The first-order valence-electron chi connectivity index (χ1n) is 7.32. The molecule has 6 heteroatoms. The number of rotatable bonds is 6. The van der Waals surface area contributed by atoms with Crippen LogP contribution in [0.2, 0.25) is 0 Å². The number of carboxylic acids is 1. The second kappa shape index (κ2) is 7.50. The number of anilines is 1. The molecule has 24 heavy (non-hydrogen) atoms. The molecular formula is C18H19NO5. The van der Waals surface area contributed by atoms with Gasteiger partial charge in [-0.25, -0.2) is 4.79 Å². The van der Waals surface area contributed by atoms with E-state index in [9.17, 15) is 9.59 Å². The highest BCUT2D eigenvalue weighted by molar-refractivity contribution is 5.93. The lowest BCUT2D eigenvalue weighted by atomic mass is 10.1. The van der Waals surface area contributed by atoms with Crippen molar-refractivity contribution >= 4 is 17.6 Å². The van der Waals surface area contributed by atoms with Crippen molar-refractivity contribution in [3.63, 3.8) is 0 Å². The third-order valence-corrected chi connectivity index (χ3v) is 3.57. The molecule has 0 aromatic heterocycles. The number of carbonyl (C=O) groups is 2. The van der Waals surface area contributed by atoms with E-state index in [4.69, 9.17) is 14.6 Å². The van der Waals surface area contributed by atoms with Gasteiger partial charge in [0.05, 0.1) is 7.11 Å². The summed E-state index contributed by atoms with van der Waals surface area (Å²) >= 11 is 0. The lowest BCUT2D eigenvalue weighted by Crippen LogP contribution is -2.21. The van der Waals surface area contributed by atoms with Gasteiger partial charge in [-0.1, -0.05) is 6.07 Å². The number of carbonyl (C=O) groups excluding carboxylic acids is 1. The number of hydrogen-bond acceptors (Lipinski definition) is 4. The van der Waals surface area contributed by atoms with Crippen molar-refractivity contribution in [2.75, 3.05) is 19.0 Å². The molecule has 0 aliphatic heterocycles. The molecule has 2 N–H and O–H groups in total. The number of methoxy groups -OCH3 is 1. The minimum absolute atomic E-state index is 0.0326. The van der Waals surface area contributed by atoms with Gasteiger partial charge in [-0.05, 0) is 49.2 Å². The van der Waals surface area contributed by atoms with Gasteiger partial charge < -0.3 is 19.9 Å². The highest BCUT2D eigenvalue weighted by Crippen LogP contribution is 2.25. The van der Waals surface area contributed by atoms with Crippen molar-refractivity contribution in [1.29, 1.82) is 0 Å². The van der Waals surface area contributed by atoms with Gasteiger partial charge >= 0.3 is 5.97 Å². The van der Waals surface area contributed by atoms with E-state index in [2.05, 4.69) is 5.32 Å². The van der Waals surface area contributed by atoms with Crippen molar-refractivity contribution in [2.24, 2.45) is 0 Å². The third-order valence-electron chi connectivity index (χ3n) is 3.57. The Balaban J connectivity index is 2.05. The predicted molar refractivity (Wildman–Crippen MR) is 90.0 cm³/mol. The van der Waals surface area contributed by atoms with Crippen LogP contribution in [-0.4, -0.2) is 30.7 Å². The zero-order valence-electron chi connectivity index (χ0n) is 13.8. The minimum atomic E-state index is -1.14. The van der Waals surface area contributed by atoms with Gasteiger partial charge in [-0.15, -0.1) is 0 Å². The Hall–Kier alpha value is -3.02. The van der Waals surface area contributed by atoms with Crippen molar-refractivity contribution < 1.29 is 24.2 Å². The highest BCUT2D eigenvalue weighted by Gasteiger charge is 2.14. The average molecular weight is 329 g/mol. The van der Waals surface area contributed by atoms with Crippen LogP contribution >= 0.6 is 0 Å². The molecule has 2 rings (SSSR count). The van der Waals surface area contributed by atoms with E-state index in [1.807, 2.05) is 26.0 Å². The first-order chi connectivity index (χ1) is 11.4. The summed E-state index contributed by atoms with van der Waals surface area (Å²) in [7, 11) is 1.46. The van der Waals surface area contributed by atoms with Crippen molar-refractivity contribution in [3.8, 4) is 11.5 Å². The molecule has 0 atom stereocenters. The quantitative estimate of drug-likeness (QED) is 0.851. The Morgan fingerprint density at radius 2 is 1.83 bits per heavy atom. The molecule has 0 fully saturated rings. The predicted octanol–water partition coefficient (Wildman–Crippen LogP) is 3.03. The molecule has 0 aliphatic rings. The average Bonchev–Trinajstić information content (AvgIpc) is 2.56. The Labute approximate surface area is 140 Å². The van der Waals surface area contributed by atoms with Crippen LogP contribution in [0.25, 0.3) is 0 Å². The molecule has 0 heterocycles. The van der Waals surface area contributed by atoms with Crippen LogP contribution in [0.1, 0.15) is 21.5 Å². The van der Waals surface area contributed by atoms with E-state index < -0.39 is 5.97 Å². The third kappa shape index (κ3) is 4.25. The number of ether oxygens (including phenoxy) is 2. The summed E-state index contributed by atoms with van der Waals surface area (Å²) in [6.07, 6.45) is 0. The molecule has 0 unspecified atom stereocenters. The van der Waals surface area contributed by atoms with Gasteiger partial charge in [0.15, 0.2) is 6.61 Å². The van der Waals surface area contributed by atoms with Crippen LogP contribution in [0.5, 0.6) is 11.5 Å². The monoisotopic (exact) mass is 329 g/mol. The molecule has 2 aromatic carbocycles. The number of aromatic carboxylic acids is 1. The number of aryl methyl sites for hydroxylation is 2. The summed E-state index contributed by atoms with van der Waals surface area (Å²) < 4.78 is 10.4. The molecule has 0 saturated heterocycles. The first-order valence-corrected chi connectivity index (χ1v) is 7.32. The van der Waals surface area contributed by atoms with Crippen molar-refractivity contribution in [3.05, 3.63) is 53.1 Å². The molecule has 0 radical (unpaired) electrons. The fourth-order valence-electron chi connectivity index (χ4n) is 2.09. The Morgan fingerprint density at radius 3 is 2.46 bits per heavy atom. The van der Waals surface area contributed by atoms with E-state index in [1.165, 1.54) is 25.3 Å². The van der Waals surface area contributed by atoms with Crippen LogP contribution in [0.15, 0.2) is 36.4 Å². The zero-order chi connectivity index (χ0) is 17.7. The number of amides is 1. The lowest BCUT2D eigenvalue weighted by molar-refractivity contribution is -0.118. The molecule has 0 bridgehead atoms. The van der Waals surface area contributed by atoms with Gasteiger partial charge in [-0.3, -0.25) is 4.79 Å². The Morgan fingerprint density at radius 1 is 1.08 bits per heavy atom. The largest absolute Gasteiger partial charge is 0.497 e. The van der Waals surface area contributed by atoms with E-state index in [1.54, 1.807) is 6.07 Å². The van der Waals surface area contributed by atoms with Gasteiger partial charge in [0.2, 0.25) is 0 Å². The maximum atomic E-state index is 12.0. The van der Waals surface area contributed by atoms with E-state index >= 15 is 0 Å². The van der Waals surface area contributed by atoms with Gasteiger partial charge in [0, 0.05) is 11.8 Å². The standard InChI is InChI=1S/C18H19NO5/c1-11-4-5-13(8-12(11)2)19-17(20)10-24-16-9-14(23-3)6-7-15(16)18(21)22/h4-9H,10H2,1-3H3,(H,19,20)(H,21,22). The van der Waals surface area contributed by atoms with Gasteiger partial charge in [0.1, 0.15) is 17.1 Å². The van der Waals surface area contributed by atoms with Crippen LogP contribution in [-0.2, 0) is 4.79 Å². The molecule has 6 nitrogen and oxygen atoms in total. The molecule has 126 valence electrons. The van der Waals surface area contributed by atoms with Crippen LogP contribution in [0, 0.1) is 13.8 Å². The zero-order valence-corrected chi connectivity index (χ0v) is 13.8. The normalized spacial score (nSPS) is 10.1. The number of benzene rings is 2. The maximum Gasteiger partial charge on any atom is 0.339 e. The maximum absolute atomic E-state index is 12.0. The summed E-state index contributed by atoms with van der Waals surface area (Å²) in [5, 5.41) is 11.9. The Bertz CT molecular complexity index is 770. The molecule has 0 aliphatic carbocycles. The SMILES string of the molecule is COc1ccc(C(=O)O)c(OCC(=O)Nc2ccc(C)c(C)c2)c1. The van der Waals surface area contributed by atoms with Gasteiger partial charge in [-0.2, -0.15) is 0 Å². The fourth-order valence-corrected chi connectivity index (χ4v) is 2.09. The first kappa shape index (κ1) is 17.3. The van der Waals surface area contributed by atoms with E-state index in [0.29, 0.717) is 11.4 Å². The Kier molecular flexibility index (Phi) is 5.42. The second-order valence-electron chi connectivity index (χ2n) is 5.30. The summed E-state index contributed by atoms with van der Waals surface area (Å²) in [5.74, 6) is -0.985. The van der Waals surface area contributed by atoms with Crippen molar-refractivity contribution in [1.82, 2.24) is 0 Å². The van der Waals surface area contributed by atoms with E-state index in [0.717, 1.165) is 11.1 Å². The topological polar surface area (TPSA) is 84.9 Å². The van der Waals surface area contributed by atoms with Gasteiger partial charge in [0.25, 0.3) is 5.91 Å². The van der Waals surface area contributed by atoms with Crippen molar-refractivity contribution in [2.45, 2.75) is 13.8 Å². The van der Waals surface area contributed by atoms with Crippen LogP contribution < -0.4 is 14.8 Å². The van der Waals surface area contributed by atoms with E-state index in [-0.39, 0.29) is 23.8 Å². The molecule has 2 aromatic rings. The highest BCUT2D eigenvalue weighted by atomic mass is 16.5. The number of hydrogen-bond donors (Lipinski definition) is 2. The molecule has 0 saturated carbocycles. The summed E-state index contributed by atoms with van der Waals surface area (Å²) in [5.41, 5.74) is 2.83. The molecule has 1 amide bonds. The minimum Gasteiger partial charge on any atom is -0.497 e. The summed E-state index contributed by atoms with van der Waals surface area (Å²) in [6, 6.07) is 9.91. The van der Waals surface area contributed by atoms with Crippen LogP contribution in [0.3, 0.4) is 0 Å². The molecule has 0 spiro atoms. The number of nitrogens with one attached hydrogen (secondary N) is 1. The summed E-state index contributed by atoms with van der Waals surface area (Å²) in [6.45, 7) is 3.64. The lowest BCUT2D eigenvalue weighted by Gasteiger charge is -2.11.